The summed E-state index contributed by atoms with van der Waals surface area (Å²) in [5.74, 6) is -0.606. The predicted octanol–water partition coefficient (Wildman–Crippen LogP) is 1.02. The highest BCUT2D eigenvalue weighted by Crippen LogP contribution is 2.39. The van der Waals surface area contributed by atoms with Crippen molar-refractivity contribution in [1.29, 1.82) is 0 Å². The van der Waals surface area contributed by atoms with Gasteiger partial charge in [0.1, 0.15) is 5.76 Å². The third kappa shape index (κ3) is 2.48. The van der Waals surface area contributed by atoms with Crippen LogP contribution in [0.1, 0.15) is 13.8 Å². The first-order chi connectivity index (χ1) is 5.92. The van der Waals surface area contributed by atoms with Gasteiger partial charge in [-0.25, -0.2) is 4.79 Å². The van der Waals surface area contributed by atoms with Crippen LogP contribution >= 0.6 is 11.8 Å². The molecule has 0 bridgehead atoms. The first kappa shape index (κ1) is 10.1. The van der Waals surface area contributed by atoms with E-state index in [2.05, 4.69) is 0 Å². The maximum absolute atomic E-state index is 11.0. The molecule has 0 saturated carbocycles. The number of hydrogen-bond donors (Lipinski definition) is 1. The standard InChI is InChI=1S/C8H10O4S/c1-8(2)5(3-7(11)13-8)12-4-6(9)10/h3H,4H2,1-2H3,(H,9,10). The summed E-state index contributed by atoms with van der Waals surface area (Å²) >= 11 is 1.13. The molecule has 5 heteroatoms. The largest absolute Gasteiger partial charge is 0.485 e. The molecular formula is C8H10O4S. The van der Waals surface area contributed by atoms with E-state index in [0.29, 0.717) is 5.76 Å². The Morgan fingerprint density at radius 2 is 2.31 bits per heavy atom. The van der Waals surface area contributed by atoms with Gasteiger partial charge in [0, 0.05) is 6.08 Å². The summed E-state index contributed by atoms with van der Waals surface area (Å²) in [5, 5.41) is 8.27. The second kappa shape index (κ2) is 3.41. The third-order valence-electron chi connectivity index (χ3n) is 1.55. The van der Waals surface area contributed by atoms with Gasteiger partial charge in [-0.1, -0.05) is 11.8 Å². The van der Waals surface area contributed by atoms with E-state index in [4.69, 9.17) is 9.84 Å². The van der Waals surface area contributed by atoms with E-state index in [0.717, 1.165) is 11.8 Å². The zero-order valence-electron chi connectivity index (χ0n) is 7.36. The Morgan fingerprint density at radius 1 is 1.69 bits per heavy atom. The van der Waals surface area contributed by atoms with Gasteiger partial charge in [0.05, 0.1) is 4.75 Å². The van der Waals surface area contributed by atoms with Gasteiger partial charge in [-0.05, 0) is 13.8 Å². The molecule has 0 atom stereocenters. The molecule has 0 unspecified atom stereocenters. The van der Waals surface area contributed by atoms with Crippen molar-refractivity contribution in [1.82, 2.24) is 0 Å². The highest BCUT2D eigenvalue weighted by atomic mass is 32.2. The number of carbonyl (C=O) groups is 2. The minimum atomic E-state index is -1.04. The molecule has 0 aromatic carbocycles. The minimum absolute atomic E-state index is 0.0922. The lowest BCUT2D eigenvalue weighted by Gasteiger charge is -2.19. The number of aliphatic carboxylic acids is 1. The van der Waals surface area contributed by atoms with Crippen LogP contribution in [-0.4, -0.2) is 27.5 Å². The Hall–Kier alpha value is -0.970. The number of ether oxygens (including phenoxy) is 1. The number of rotatable bonds is 3. The molecule has 0 aliphatic carbocycles. The monoisotopic (exact) mass is 202 g/mol. The van der Waals surface area contributed by atoms with Crippen molar-refractivity contribution in [3.05, 3.63) is 11.8 Å². The second-order valence-corrected chi connectivity index (χ2v) is 4.75. The van der Waals surface area contributed by atoms with E-state index in [1.165, 1.54) is 6.08 Å². The molecule has 1 aliphatic rings. The van der Waals surface area contributed by atoms with Gasteiger partial charge < -0.3 is 9.84 Å². The van der Waals surface area contributed by atoms with Gasteiger partial charge in [-0.2, -0.15) is 0 Å². The fourth-order valence-corrected chi connectivity index (χ4v) is 1.85. The molecule has 4 nitrogen and oxygen atoms in total. The highest BCUT2D eigenvalue weighted by molar-refractivity contribution is 8.15. The second-order valence-electron chi connectivity index (χ2n) is 3.12. The Labute approximate surface area is 80.0 Å². The maximum Gasteiger partial charge on any atom is 0.341 e. The van der Waals surface area contributed by atoms with Gasteiger partial charge in [0.25, 0.3) is 0 Å². The molecule has 0 spiro atoms. The first-order valence-corrected chi connectivity index (χ1v) is 4.53. The lowest BCUT2D eigenvalue weighted by Crippen LogP contribution is -2.19. The van der Waals surface area contributed by atoms with Crippen molar-refractivity contribution >= 4 is 22.8 Å². The number of thioether (sulfide) groups is 1. The number of carboxylic acid groups (broad SMARTS) is 1. The van der Waals surface area contributed by atoms with Crippen LogP contribution in [0.15, 0.2) is 11.8 Å². The van der Waals surface area contributed by atoms with Crippen LogP contribution in [0, 0.1) is 0 Å². The molecule has 13 heavy (non-hydrogen) atoms. The summed E-state index contributed by atoms with van der Waals surface area (Å²) < 4.78 is 4.53. The van der Waals surface area contributed by atoms with Crippen molar-refractivity contribution in [2.45, 2.75) is 18.6 Å². The predicted molar refractivity (Wildman–Crippen MR) is 48.3 cm³/mol. The van der Waals surface area contributed by atoms with Crippen molar-refractivity contribution in [2.24, 2.45) is 0 Å². The zero-order chi connectivity index (χ0) is 10.1. The smallest absolute Gasteiger partial charge is 0.341 e. The summed E-state index contributed by atoms with van der Waals surface area (Å²) in [4.78, 5) is 21.2. The number of carboxylic acids is 1. The molecular weight excluding hydrogens is 192 g/mol. The SMILES string of the molecule is CC1(C)SC(=O)C=C1OCC(=O)O. The van der Waals surface area contributed by atoms with Crippen LogP contribution in [0.25, 0.3) is 0 Å². The quantitative estimate of drug-likeness (QED) is 0.740. The molecule has 1 N–H and O–H groups in total. The van der Waals surface area contributed by atoms with Gasteiger partial charge >= 0.3 is 5.97 Å². The van der Waals surface area contributed by atoms with Crippen LogP contribution in [-0.2, 0) is 14.3 Å². The van der Waals surface area contributed by atoms with Crippen LogP contribution in [0.4, 0.5) is 0 Å². The van der Waals surface area contributed by atoms with E-state index < -0.39 is 17.3 Å². The maximum atomic E-state index is 11.0. The third-order valence-corrected chi connectivity index (χ3v) is 2.58. The highest BCUT2D eigenvalue weighted by Gasteiger charge is 2.35. The molecule has 0 saturated heterocycles. The Morgan fingerprint density at radius 3 is 2.69 bits per heavy atom. The average molecular weight is 202 g/mol. The molecule has 0 aromatic heterocycles. The van der Waals surface area contributed by atoms with Crippen molar-refractivity contribution in [2.75, 3.05) is 6.61 Å². The lowest BCUT2D eigenvalue weighted by molar-refractivity contribution is -0.141. The lowest BCUT2D eigenvalue weighted by atomic mass is 10.1. The summed E-state index contributed by atoms with van der Waals surface area (Å²) in [6.07, 6.45) is 1.34. The molecule has 0 aromatic rings. The molecule has 1 aliphatic heterocycles. The van der Waals surface area contributed by atoms with Crippen LogP contribution in [0.5, 0.6) is 0 Å². The van der Waals surface area contributed by atoms with E-state index in [-0.39, 0.29) is 5.12 Å². The Bertz CT molecular complexity index is 280. The van der Waals surface area contributed by atoms with Gasteiger partial charge in [0.15, 0.2) is 6.61 Å². The van der Waals surface area contributed by atoms with E-state index in [1.807, 2.05) is 13.8 Å². The zero-order valence-corrected chi connectivity index (χ0v) is 8.18. The van der Waals surface area contributed by atoms with E-state index in [1.54, 1.807) is 0 Å². The Kier molecular flexibility index (Phi) is 2.66. The number of carbonyl (C=O) groups excluding carboxylic acids is 1. The topological polar surface area (TPSA) is 63.6 Å². The summed E-state index contributed by atoms with van der Waals surface area (Å²) in [5.41, 5.74) is 0. The fraction of sp³-hybridized carbons (Fsp3) is 0.500. The molecule has 1 rings (SSSR count). The van der Waals surface area contributed by atoms with Gasteiger partial charge in [-0.3, -0.25) is 4.79 Å². The molecule has 1 heterocycles. The molecule has 0 fully saturated rings. The summed E-state index contributed by atoms with van der Waals surface area (Å²) in [6, 6.07) is 0. The van der Waals surface area contributed by atoms with Crippen molar-refractivity contribution in [3.63, 3.8) is 0 Å². The van der Waals surface area contributed by atoms with Gasteiger partial charge in [0.2, 0.25) is 5.12 Å². The van der Waals surface area contributed by atoms with Crippen LogP contribution in [0.2, 0.25) is 0 Å². The van der Waals surface area contributed by atoms with E-state index >= 15 is 0 Å². The number of hydrogen-bond acceptors (Lipinski definition) is 4. The summed E-state index contributed by atoms with van der Waals surface area (Å²) in [6.45, 7) is 3.23. The van der Waals surface area contributed by atoms with Crippen molar-refractivity contribution < 1.29 is 19.4 Å². The summed E-state index contributed by atoms with van der Waals surface area (Å²) in [7, 11) is 0. The average Bonchev–Trinajstić information content (AvgIpc) is 2.19. The Balaban J connectivity index is 2.63. The molecule has 0 amide bonds. The molecule has 72 valence electrons. The fourth-order valence-electron chi connectivity index (χ4n) is 0.967. The van der Waals surface area contributed by atoms with Crippen molar-refractivity contribution in [3.8, 4) is 0 Å². The molecule has 0 radical (unpaired) electrons. The van der Waals surface area contributed by atoms with Crippen LogP contribution in [0.3, 0.4) is 0 Å². The van der Waals surface area contributed by atoms with E-state index in [9.17, 15) is 9.59 Å². The minimum Gasteiger partial charge on any atom is -0.485 e. The first-order valence-electron chi connectivity index (χ1n) is 3.71. The normalized spacial score (nSPS) is 19.8. The van der Waals surface area contributed by atoms with Gasteiger partial charge in [-0.15, -0.1) is 0 Å². The van der Waals surface area contributed by atoms with Crippen LogP contribution < -0.4 is 0 Å².